The van der Waals surface area contributed by atoms with Crippen LogP contribution in [0, 0.1) is 19.8 Å². The highest BCUT2D eigenvalue weighted by atomic mass is 16.3. The zero-order valence-corrected chi connectivity index (χ0v) is 13.6. The fraction of sp³-hybridized carbons (Fsp3) is 0.500. The van der Waals surface area contributed by atoms with Crippen LogP contribution in [0.2, 0.25) is 0 Å². The van der Waals surface area contributed by atoms with Gasteiger partial charge in [0.2, 0.25) is 5.91 Å². The highest BCUT2D eigenvalue weighted by Gasteiger charge is 2.17. The van der Waals surface area contributed by atoms with Crippen LogP contribution in [0.5, 0.6) is 0 Å². The molecule has 2 rings (SSSR count). The van der Waals surface area contributed by atoms with Crippen LogP contribution >= 0.6 is 0 Å². The monoisotopic (exact) mass is 287 g/mol. The van der Waals surface area contributed by atoms with Gasteiger partial charge in [-0.25, -0.2) is 0 Å². The van der Waals surface area contributed by atoms with Gasteiger partial charge in [0.05, 0.1) is 12.7 Å². The van der Waals surface area contributed by atoms with Crippen LogP contribution < -0.4 is 5.32 Å². The Kier molecular flexibility index (Phi) is 4.71. The molecule has 114 valence electrons. The van der Waals surface area contributed by atoms with Crippen LogP contribution in [0.3, 0.4) is 0 Å². The summed E-state index contributed by atoms with van der Waals surface area (Å²) in [6.07, 6.45) is 3.04. The molecular formula is C18H25NO2. The number of amides is 1. The van der Waals surface area contributed by atoms with Gasteiger partial charge in [-0.15, -0.1) is 0 Å². The first-order valence-electron chi connectivity index (χ1n) is 7.69. The van der Waals surface area contributed by atoms with Gasteiger partial charge in [0.25, 0.3) is 0 Å². The molecule has 0 spiro atoms. The molecule has 0 saturated carbocycles. The van der Waals surface area contributed by atoms with E-state index < -0.39 is 0 Å². The maximum Gasteiger partial charge on any atom is 0.224 e. The molecule has 3 nitrogen and oxygen atoms in total. The molecule has 1 heterocycles. The van der Waals surface area contributed by atoms with Crippen LogP contribution in [0.4, 0.5) is 0 Å². The van der Waals surface area contributed by atoms with Gasteiger partial charge in [-0.05, 0) is 37.3 Å². The summed E-state index contributed by atoms with van der Waals surface area (Å²) in [6.45, 7) is 10.5. The molecule has 0 bridgehead atoms. The maximum absolute atomic E-state index is 12.2. The average molecular weight is 287 g/mol. The van der Waals surface area contributed by atoms with Gasteiger partial charge in [-0.3, -0.25) is 4.79 Å². The lowest BCUT2D eigenvalue weighted by Crippen LogP contribution is -2.38. The summed E-state index contributed by atoms with van der Waals surface area (Å²) in [4.78, 5) is 12.2. The second-order valence-corrected chi connectivity index (χ2v) is 6.15. The van der Waals surface area contributed by atoms with Crippen LogP contribution in [-0.4, -0.2) is 11.9 Å². The molecular weight excluding hydrogens is 262 g/mol. The number of aryl methyl sites for hydroxylation is 2. The van der Waals surface area contributed by atoms with Gasteiger partial charge in [0.15, 0.2) is 0 Å². The number of carbonyl (C=O) groups is 1. The van der Waals surface area contributed by atoms with Crippen molar-refractivity contribution in [2.75, 3.05) is 0 Å². The Labute approximate surface area is 126 Å². The topological polar surface area (TPSA) is 42.2 Å². The van der Waals surface area contributed by atoms with Crippen LogP contribution in [0.15, 0.2) is 22.8 Å². The van der Waals surface area contributed by atoms with E-state index in [1.807, 2.05) is 6.07 Å². The second-order valence-electron chi connectivity index (χ2n) is 6.15. The molecule has 1 atom stereocenters. The van der Waals surface area contributed by atoms with E-state index in [0.717, 1.165) is 28.5 Å². The predicted octanol–water partition coefficient (Wildman–Crippen LogP) is 4.14. The maximum atomic E-state index is 12.2. The second kappa shape index (κ2) is 6.33. The summed E-state index contributed by atoms with van der Waals surface area (Å²) in [5.41, 5.74) is 4.21. The third kappa shape index (κ3) is 3.29. The van der Waals surface area contributed by atoms with Crippen molar-refractivity contribution in [2.45, 2.75) is 53.5 Å². The molecule has 1 aromatic carbocycles. The minimum Gasteiger partial charge on any atom is -0.464 e. The molecule has 1 unspecified atom stereocenters. The third-order valence-electron chi connectivity index (χ3n) is 4.28. The van der Waals surface area contributed by atoms with E-state index in [4.69, 9.17) is 4.42 Å². The zero-order valence-electron chi connectivity index (χ0n) is 13.6. The molecule has 1 N–H and O–H groups in total. The molecule has 2 aromatic rings. The van der Waals surface area contributed by atoms with Crippen molar-refractivity contribution in [3.8, 4) is 0 Å². The standard InChI is InChI=1S/C18H25NO2/c1-6-16(11(2)3)19-17(20)9-14-10-21-18-13(5)12(4)7-8-15(14)18/h7-8,10-11,16H,6,9H2,1-5H3,(H,19,20). The van der Waals surface area contributed by atoms with E-state index >= 15 is 0 Å². The Morgan fingerprint density at radius 1 is 1.29 bits per heavy atom. The van der Waals surface area contributed by atoms with E-state index in [0.29, 0.717) is 12.3 Å². The van der Waals surface area contributed by atoms with Crippen molar-refractivity contribution in [3.05, 3.63) is 35.1 Å². The quantitative estimate of drug-likeness (QED) is 0.898. The van der Waals surface area contributed by atoms with Crippen molar-refractivity contribution < 1.29 is 9.21 Å². The first kappa shape index (κ1) is 15.6. The highest BCUT2D eigenvalue weighted by Crippen LogP contribution is 2.26. The molecule has 0 saturated heterocycles. The van der Waals surface area contributed by atoms with Crippen LogP contribution in [0.1, 0.15) is 43.9 Å². The highest BCUT2D eigenvalue weighted by molar-refractivity contribution is 5.89. The lowest BCUT2D eigenvalue weighted by molar-refractivity contribution is -0.121. The van der Waals surface area contributed by atoms with Gasteiger partial charge in [0, 0.05) is 17.0 Å². The Hall–Kier alpha value is -1.77. The van der Waals surface area contributed by atoms with E-state index in [9.17, 15) is 4.79 Å². The molecule has 0 aliphatic heterocycles. The Balaban J connectivity index is 2.17. The molecule has 3 heteroatoms. The number of hydrogen-bond donors (Lipinski definition) is 1. The Morgan fingerprint density at radius 3 is 2.62 bits per heavy atom. The fourth-order valence-electron chi connectivity index (χ4n) is 2.70. The molecule has 0 aliphatic carbocycles. The summed E-state index contributed by atoms with van der Waals surface area (Å²) in [5, 5.41) is 4.16. The lowest BCUT2D eigenvalue weighted by atomic mass is 10.0. The van der Waals surface area contributed by atoms with E-state index in [1.165, 1.54) is 5.56 Å². The van der Waals surface area contributed by atoms with Gasteiger partial charge < -0.3 is 9.73 Å². The van der Waals surface area contributed by atoms with Gasteiger partial charge in [-0.1, -0.05) is 32.9 Å². The van der Waals surface area contributed by atoms with Gasteiger partial charge in [-0.2, -0.15) is 0 Å². The van der Waals surface area contributed by atoms with E-state index in [1.54, 1.807) is 6.26 Å². The van der Waals surface area contributed by atoms with Crippen molar-refractivity contribution in [3.63, 3.8) is 0 Å². The number of carbonyl (C=O) groups excluding carboxylic acids is 1. The van der Waals surface area contributed by atoms with Crippen molar-refractivity contribution in [2.24, 2.45) is 5.92 Å². The molecule has 21 heavy (non-hydrogen) atoms. The van der Waals surface area contributed by atoms with E-state index in [-0.39, 0.29) is 11.9 Å². The van der Waals surface area contributed by atoms with Gasteiger partial charge >= 0.3 is 0 Å². The molecule has 0 radical (unpaired) electrons. The third-order valence-corrected chi connectivity index (χ3v) is 4.28. The predicted molar refractivity (Wildman–Crippen MR) is 86.5 cm³/mol. The summed E-state index contributed by atoms with van der Waals surface area (Å²) in [6, 6.07) is 4.36. The summed E-state index contributed by atoms with van der Waals surface area (Å²) >= 11 is 0. The van der Waals surface area contributed by atoms with Crippen LogP contribution in [0.25, 0.3) is 11.0 Å². The lowest BCUT2D eigenvalue weighted by Gasteiger charge is -2.20. The Morgan fingerprint density at radius 2 is 2.00 bits per heavy atom. The van der Waals surface area contributed by atoms with Crippen LogP contribution in [-0.2, 0) is 11.2 Å². The minimum absolute atomic E-state index is 0.0662. The molecule has 0 aliphatic rings. The fourth-order valence-corrected chi connectivity index (χ4v) is 2.70. The van der Waals surface area contributed by atoms with E-state index in [2.05, 4.69) is 46.0 Å². The number of hydrogen-bond acceptors (Lipinski definition) is 2. The normalized spacial score (nSPS) is 12.9. The number of rotatable bonds is 5. The minimum atomic E-state index is 0.0662. The van der Waals surface area contributed by atoms with Crippen molar-refractivity contribution in [1.82, 2.24) is 5.32 Å². The van der Waals surface area contributed by atoms with Gasteiger partial charge in [0.1, 0.15) is 5.58 Å². The average Bonchev–Trinajstić information content (AvgIpc) is 2.83. The summed E-state index contributed by atoms with van der Waals surface area (Å²) in [5.74, 6) is 0.515. The smallest absolute Gasteiger partial charge is 0.224 e. The SMILES string of the molecule is CCC(NC(=O)Cc1coc2c(C)c(C)ccc12)C(C)C. The molecule has 1 amide bonds. The van der Waals surface area contributed by atoms with Crippen molar-refractivity contribution in [1.29, 1.82) is 0 Å². The first-order chi connectivity index (χ1) is 9.93. The number of fused-ring (bicyclic) bond motifs is 1. The Bertz CT molecular complexity index is 640. The largest absolute Gasteiger partial charge is 0.464 e. The number of benzene rings is 1. The van der Waals surface area contributed by atoms with Crippen molar-refractivity contribution >= 4 is 16.9 Å². The molecule has 0 fully saturated rings. The summed E-state index contributed by atoms with van der Waals surface area (Å²) < 4.78 is 5.66. The number of furan rings is 1. The first-order valence-corrected chi connectivity index (χ1v) is 7.69. The zero-order chi connectivity index (χ0) is 15.6. The number of nitrogens with one attached hydrogen (secondary N) is 1. The molecule has 1 aromatic heterocycles. The summed E-state index contributed by atoms with van der Waals surface area (Å²) in [7, 11) is 0.